The highest BCUT2D eigenvalue weighted by Crippen LogP contribution is 2.11. The van der Waals surface area contributed by atoms with Crippen LogP contribution >= 0.6 is 12.4 Å². The van der Waals surface area contributed by atoms with E-state index in [9.17, 15) is 8.42 Å². The molecular weight excluding hydrogens is 226 g/mol. The first kappa shape index (κ1) is 14.1. The summed E-state index contributed by atoms with van der Waals surface area (Å²) < 4.78 is 27.1. The maximum Gasteiger partial charge on any atom is 0.279 e. The van der Waals surface area contributed by atoms with Gasteiger partial charge in [-0.15, -0.1) is 12.4 Å². The summed E-state index contributed by atoms with van der Waals surface area (Å²) in [5.74, 6) is 0. The number of nitrogens with one attached hydrogen (secondary N) is 1. The molecule has 3 N–H and O–H groups in total. The van der Waals surface area contributed by atoms with Crippen LogP contribution in [0.5, 0.6) is 0 Å². The van der Waals surface area contributed by atoms with Gasteiger partial charge in [0, 0.05) is 25.7 Å². The second-order valence-corrected chi connectivity index (χ2v) is 5.07. The fraction of sp³-hybridized carbons (Fsp3) is 1.00. The van der Waals surface area contributed by atoms with Crippen molar-refractivity contribution in [2.75, 3.05) is 19.6 Å². The Labute approximate surface area is 91.6 Å². The third-order valence-electron chi connectivity index (χ3n) is 2.11. The predicted octanol–water partition coefficient (Wildman–Crippen LogP) is -0.314. The lowest BCUT2D eigenvalue weighted by atomic mass is 10.4. The van der Waals surface area contributed by atoms with Crippen molar-refractivity contribution in [2.45, 2.75) is 25.8 Å². The van der Waals surface area contributed by atoms with Gasteiger partial charge in [0.05, 0.1) is 0 Å². The molecule has 1 atom stereocenters. The minimum Gasteiger partial charge on any atom is -0.329 e. The first-order valence-electron chi connectivity index (χ1n) is 4.54. The quantitative estimate of drug-likeness (QED) is 0.711. The molecule has 5 nitrogen and oxygen atoms in total. The summed E-state index contributed by atoms with van der Waals surface area (Å²) in [7, 11) is -3.27. The van der Waals surface area contributed by atoms with Crippen molar-refractivity contribution in [2.24, 2.45) is 5.73 Å². The van der Waals surface area contributed by atoms with Gasteiger partial charge in [-0.2, -0.15) is 17.4 Å². The summed E-state index contributed by atoms with van der Waals surface area (Å²) >= 11 is 0. The topological polar surface area (TPSA) is 75.4 Å². The second kappa shape index (κ2) is 5.87. The van der Waals surface area contributed by atoms with E-state index in [1.165, 1.54) is 4.31 Å². The van der Waals surface area contributed by atoms with E-state index in [0.717, 1.165) is 12.8 Å². The van der Waals surface area contributed by atoms with E-state index >= 15 is 0 Å². The second-order valence-electron chi connectivity index (χ2n) is 3.37. The lowest BCUT2D eigenvalue weighted by molar-refractivity contribution is 0.456. The Morgan fingerprint density at radius 1 is 1.43 bits per heavy atom. The Morgan fingerprint density at radius 3 is 2.36 bits per heavy atom. The molecule has 1 rings (SSSR count). The summed E-state index contributed by atoms with van der Waals surface area (Å²) in [5.41, 5.74) is 5.33. The highest BCUT2D eigenvalue weighted by atomic mass is 35.5. The van der Waals surface area contributed by atoms with Crippen molar-refractivity contribution in [3.05, 3.63) is 0 Å². The maximum atomic E-state index is 11.6. The smallest absolute Gasteiger partial charge is 0.279 e. The molecule has 1 fully saturated rings. The van der Waals surface area contributed by atoms with Crippen molar-refractivity contribution in [3.63, 3.8) is 0 Å². The molecule has 0 aromatic carbocycles. The molecule has 7 heteroatoms. The lowest BCUT2D eigenvalue weighted by Gasteiger charge is -2.19. The Morgan fingerprint density at radius 2 is 1.93 bits per heavy atom. The lowest BCUT2D eigenvalue weighted by Crippen LogP contribution is -2.45. The summed E-state index contributed by atoms with van der Waals surface area (Å²) in [4.78, 5) is 0. The molecule has 0 unspecified atom stereocenters. The van der Waals surface area contributed by atoms with E-state index in [1.54, 1.807) is 6.92 Å². The van der Waals surface area contributed by atoms with Crippen molar-refractivity contribution in [1.29, 1.82) is 0 Å². The van der Waals surface area contributed by atoms with Gasteiger partial charge in [0.1, 0.15) is 0 Å². The van der Waals surface area contributed by atoms with Crippen molar-refractivity contribution < 1.29 is 8.42 Å². The van der Waals surface area contributed by atoms with Gasteiger partial charge < -0.3 is 5.73 Å². The SMILES string of the molecule is C[C@@H](CN)NS(=O)(=O)N1CCCC1.Cl. The molecule has 0 spiro atoms. The van der Waals surface area contributed by atoms with Gasteiger partial charge in [-0.3, -0.25) is 0 Å². The first-order valence-corrected chi connectivity index (χ1v) is 5.98. The van der Waals surface area contributed by atoms with Crippen LogP contribution in [-0.4, -0.2) is 38.4 Å². The molecule has 1 saturated heterocycles. The minimum absolute atomic E-state index is 0. The van der Waals surface area contributed by atoms with Crippen LogP contribution in [0.3, 0.4) is 0 Å². The van der Waals surface area contributed by atoms with E-state index in [4.69, 9.17) is 5.73 Å². The average Bonchev–Trinajstić information content (AvgIpc) is 2.55. The molecule has 0 amide bonds. The van der Waals surface area contributed by atoms with Crippen LogP contribution in [0.1, 0.15) is 19.8 Å². The fourth-order valence-electron chi connectivity index (χ4n) is 1.31. The molecule has 1 aliphatic rings. The maximum absolute atomic E-state index is 11.6. The van der Waals surface area contributed by atoms with E-state index in [2.05, 4.69) is 4.72 Å². The zero-order chi connectivity index (χ0) is 9.90. The number of hydrogen-bond donors (Lipinski definition) is 2. The fourth-order valence-corrected chi connectivity index (χ4v) is 2.80. The molecule has 86 valence electrons. The van der Waals surface area contributed by atoms with Crippen molar-refractivity contribution in [1.82, 2.24) is 9.03 Å². The van der Waals surface area contributed by atoms with Crippen LogP contribution in [0.2, 0.25) is 0 Å². The molecule has 1 aliphatic heterocycles. The highest BCUT2D eigenvalue weighted by molar-refractivity contribution is 7.87. The highest BCUT2D eigenvalue weighted by Gasteiger charge is 2.25. The third kappa shape index (κ3) is 3.70. The molecule has 0 radical (unpaired) electrons. The van der Waals surface area contributed by atoms with Crippen LogP contribution in [-0.2, 0) is 10.2 Å². The molecule has 0 aromatic rings. The first-order chi connectivity index (χ1) is 6.06. The van der Waals surface area contributed by atoms with Crippen molar-refractivity contribution in [3.8, 4) is 0 Å². The number of nitrogens with zero attached hydrogens (tertiary/aromatic N) is 1. The van der Waals surface area contributed by atoms with Gasteiger partial charge in [-0.1, -0.05) is 0 Å². The van der Waals surface area contributed by atoms with E-state index in [-0.39, 0.29) is 18.4 Å². The van der Waals surface area contributed by atoms with E-state index < -0.39 is 10.2 Å². The van der Waals surface area contributed by atoms with Gasteiger partial charge in [-0.25, -0.2) is 0 Å². The summed E-state index contributed by atoms with van der Waals surface area (Å²) in [5, 5.41) is 0. The number of nitrogens with two attached hydrogens (primary N) is 1. The average molecular weight is 244 g/mol. The van der Waals surface area contributed by atoms with Gasteiger partial charge in [0.15, 0.2) is 0 Å². The van der Waals surface area contributed by atoms with Gasteiger partial charge >= 0.3 is 0 Å². The molecule has 0 aromatic heterocycles. The van der Waals surface area contributed by atoms with Crippen LogP contribution in [0.15, 0.2) is 0 Å². The van der Waals surface area contributed by atoms with Crippen LogP contribution in [0.4, 0.5) is 0 Å². The number of halogens is 1. The summed E-state index contributed by atoms with van der Waals surface area (Å²) in [6.07, 6.45) is 1.91. The zero-order valence-corrected chi connectivity index (χ0v) is 9.90. The summed E-state index contributed by atoms with van der Waals surface area (Å²) in [6.45, 7) is 3.35. The molecular formula is C7H18ClN3O2S. The van der Waals surface area contributed by atoms with Gasteiger partial charge in [-0.05, 0) is 19.8 Å². The Kier molecular flexibility index (Phi) is 5.92. The largest absolute Gasteiger partial charge is 0.329 e. The number of rotatable bonds is 4. The summed E-state index contributed by atoms with van der Waals surface area (Å²) in [6, 6.07) is -0.189. The Balaban J connectivity index is 0.00000169. The monoisotopic (exact) mass is 243 g/mol. The molecule has 0 bridgehead atoms. The number of hydrogen-bond acceptors (Lipinski definition) is 3. The van der Waals surface area contributed by atoms with Gasteiger partial charge in [0.2, 0.25) is 0 Å². The molecule has 1 heterocycles. The van der Waals surface area contributed by atoms with Crippen LogP contribution < -0.4 is 10.5 Å². The van der Waals surface area contributed by atoms with E-state index in [1.807, 2.05) is 0 Å². The Bertz CT molecular complexity index is 252. The Hall–Kier alpha value is 0.120. The van der Waals surface area contributed by atoms with Gasteiger partial charge in [0.25, 0.3) is 10.2 Å². The normalized spacial score (nSPS) is 20.4. The minimum atomic E-state index is -3.27. The third-order valence-corrected chi connectivity index (χ3v) is 3.85. The van der Waals surface area contributed by atoms with Crippen LogP contribution in [0.25, 0.3) is 0 Å². The van der Waals surface area contributed by atoms with Crippen LogP contribution in [0, 0.1) is 0 Å². The molecule has 14 heavy (non-hydrogen) atoms. The molecule has 0 saturated carbocycles. The zero-order valence-electron chi connectivity index (χ0n) is 8.27. The predicted molar refractivity (Wildman–Crippen MR) is 58.6 cm³/mol. The van der Waals surface area contributed by atoms with E-state index in [0.29, 0.717) is 19.6 Å². The standard InChI is InChI=1S/C7H17N3O2S.ClH/c1-7(6-8)9-13(11,12)10-4-2-3-5-10;/h7,9H,2-6,8H2,1H3;1H/t7-;/m0./s1. The van der Waals surface area contributed by atoms with Crippen molar-refractivity contribution >= 4 is 22.6 Å². The molecule has 0 aliphatic carbocycles.